The minimum atomic E-state index is -1.13. The summed E-state index contributed by atoms with van der Waals surface area (Å²) in [7, 11) is -1.13. The third-order valence-corrected chi connectivity index (χ3v) is 4.71. The van der Waals surface area contributed by atoms with Gasteiger partial charge in [-0.2, -0.15) is 0 Å². The van der Waals surface area contributed by atoms with E-state index >= 15 is 0 Å². The zero-order chi connectivity index (χ0) is 11.3. The molecule has 0 atom stereocenters. The summed E-state index contributed by atoms with van der Waals surface area (Å²) in [6.45, 7) is 4.13. The highest BCUT2D eigenvalue weighted by Gasteiger charge is 2.09. The molecule has 0 aliphatic carbocycles. The molecular weight excluding hydrogens is 215 g/mol. The van der Waals surface area contributed by atoms with Gasteiger partial charge in [-0.25, -0.2) is 0 Å². The number of hydrogen-bond donors (Lipinski definition) is 1. The van der Waals surface area contributed by atoms with Gasteiger partial charge in [0, 0.05) is 18.0 Å². The fourth-order valence-electron chi connectivity index (χ4n) is 2.22. The molecule has 1 aromatic heterocycles. The van der Waals surface area contributed by atoms with Crippen LogP contribution < -0.4 is 0 Å². The first-order valence-corrected chi connectivity index (χ1v) is 6.67. The van der Waals surface area contributed by atoms with Gasteiger partial charge in [0.15, 0.2) is 0 Å². The van der Waals surface area contributed by atoms with E-state index in [1.165, 1.54) is 21.9 Å². The molecule has 0 bridgehead atoms. The van der Waals surface area contributed by atoms with E-state index < -0.39 is 7.76 Å². The summed E-state index contributed by atoms with van der Waals surface area (Å²) < 4.78 is 0. The predicted octanol–water partition coefficient (Wildman–Crippen LogP) is 4.35. The number of aryl methyl sites for hydroxylation is 2. The topological polar surface area (TPSA) is 20.2 Å². The number of rotatable bonds is 0. The quantitative estimate of drug-likeness (QED) is 0.606. The van der Waals surface area contributed by atoms with Crippen LogP contribution in [0.25, 0.3) is 21.0 Å². The second kappa shape index (κ2) is 3.35. The molecule has 0 fully saturated rings. The number of hydrogen-bond acceptors (Lipinski definition) is 1. The predicted molar refractivity (Wildman–Crippen MR) is 71.3 cm³/mol. The number of benzene rings is 2. The molecular formula is C14H13OP. The van der Waals surface area contributed by atoms with Crippen molar-refractivity contribution in [3.8, 4) is 0 Å². The standard InChI is InChI=1S/C14H13OP/c1-9-3-5-11-12-6-4-10(2)8-14(12)16(15)13(11)7-9/h3-8,15H,1-2H3. The highest BCUT2D eigenvalue weighted by molar-refractivity contribution is 7.56. The Kier molecular flexibility index (Phi) is 2.07. The van der Waals surface area contributed by atoms with Crippen LogP contribution in [0, 0.1) is 13.8 Å². The van der Waals surface area contributed by atoms with E-state index in [1.807, 2.05) is 0 Å². The molecule has 0 saturated carbocycles. The minimum absolute atomic E-state index is 1.11. The van der Waals surface area contributed by atoms with Crippen LogP contribution in [0.3, 0.4) is 0 Å². The summed E-state index contributed by atoms with van der Waals surface area (Å²) in [5, 5.41) is 4.62. The SMILES string of the molecule is Cc1ccc2c3ccc(C)cc3p(O)c2c1. The van der Waals surface area contributed by atoms with Crippen LogP contribution in [0.4, 0.5) is 0 Å². The molecule has 16 heavy (non-hydrogen) atoms. The Bertz CT molecular complexity index is 635. The van der Waals surface area contributed by atoms with Gasteiger partial charge in [-0.1, -0.05) is 35.4 Å². The average molecular weight is 228 g/mol. The summed E-state index contributed by atoms with van der Waals surface area (Å²) in [4.78, 5) is 10.3. The van der Waals surface area contributed by atoms with Crippen LogP contribution >= 0.6 is 7.76 Å². The van der Waals surface area contributed by atoms with E-state index in [9.17, 15) is 4.89 Å². The van der Waals surface area contributed by atoms with Crippen LogP contribution in [-0.2, 0) is 0 Å². The summed E-state index contributed by atoms with van der Waals surface area (Å²) in [6, 6.07) is 12.7. The molecule has 0 radical (unpaired) electrons. The molecule has 3 aromatic rings. The van der Waals surface area contributed by atoms with Gasteiger partial charge in [0.25, 0.3) is 0 Å². The molecule has 2 aromatic carbocycles. The fraction of sp³-hybridized carbons (Fsp3) is 0.143. The van der Waals surface area contributed by atoms with E-state index in [4.69, 9.17) is 0 Å². The summed E-state index contributed by atoms with van der Waals surface area (Å²) >= 11 is 0. The van der Waals surface area contributed by atoms with Crippen molar-refractivity contribution >= 4 is 28.8 Å². The van der Waals surface area contributed by atoms with Gasteiger partial charge >= 0.3 is 0 Å². The minimum Gasteiger partial charge on any atom is -0.346 e. The second-order valence-corrected chi connectivity index (χ2v) is 5.94. The lowest BCUT2D eigenvalue weighted by atomic mass is 10.1. The lowest BCUT2D eigenvalue weighted by molar-refractivity contribution is 0.653. The van der Waals surface area contributed by atoms with Gasteiger partial charge in [-0.3, -0.25) is 0 Å². The normalized spacial score (nSPS) is 11.4. The van der Waals surface area contributed by atoms with E-state index in [0.717, 1.165) is 10.2 Å². The molecule has 0 unspecified atom stereocenters. The summed E-state index contributed by atoms with van der Waals surface area (Å²) in [6.07, 6.45) is 0. The van der Waals surface area contributed by atoms with Crippen molar-refractivity contribution in [3.05, 3.63) is 47.5 Å². The maximum absolute atomic E-state index is 10.3. The van der Waals surface area contributed by atoms with E-state index in [-0.39, 0.29) is 0 Å². The van der Waals surface area contributed by atoms with Gasteiger partial charge in [0.05, 0.1) is 0 Å². The Balaban J connectivity index is 2.59. The zero-order valence-corrected chi connectivity index (χ0v) is 10.3. The molecule has 0 saturated heterocycles. The van der Waals surface area contributed by atoms with Crippen molar-refractivity contribution in [3.63, 3.8) is 0 Å². The van der Waals surface area contributed by atoms with Crippen molar-refractivity contribution in [1.82, 2.24) is 0 Å². The van der Waals surface area contributed by atoms with Crippen molar-refractivity contribution in [1.29, 1.82) is 0 Å². The van der Waals surface area contributed by atoms with Crippen LogP contribution in [-0.4, -0.2) is 4.89 Å². The van der Waals surface area contributed by atoms with Gasteiger partial charge in [0.1, 0.15) is 0 Å². The Morgan fingerprint density at radius 2 is 1.25 bits per heavy atom. The third-order valence-electron chi connectivity index (χ3n) is 3.05. The molecule has 0 aliphatic heterocycles. The third kappa shape index (κ3) is 1.29. The van der Waals surface area contributed by atoms with Crippen molar-refractivity contribution < 1.29 is 4.89 Å². The molecule has 1 N–H and O–H groups in total. The van der Waals surface area contributed by atoms with Crippen LogP contribution in [0.1, 0.15) is 11.1 Å². The monoisotopic (exact) mass is 228 g/mol. The molecule has 1 heterocycles. The Morgan fingerprint density at radius 3 is 1.69 bits per heavy atom. The van der Waals surface area contributed by atoms with Crippen molar-refractivity contribution in [2.45, 2.75) is 13.8 Å². The van der Waals surface area contributed by atoms with E-state index in [2.05, 4.69) is 50.2 Å². The first-order valence-electron chi connectivity index (χ1n) is 5.37. The van der Waals surface area contributed by atoms with Gasteiger partial charge < -0.3 is 4.89 Å². The van der Waals surface area contributed by atoms with Crippen LogP contribution in [0.5, 0.6) is 0 Å². The Labute approximate surface area is 95.5 Å². The molecule has 0 amide bonds. The maximum atomic E-state index is 10.3. The van der Waals surface area contributed by atoms with Gasteiger partial charge in [0.2, 0.25) is 0 Å². The molecule has 0 spiro atoms. The zero-order valence-electron chi connectivity index (χ0n) is 9.36. The first-order chi connectivity index (χ1) is 7.66. The lowest BCUT2D eigenvalue weighted by Gasteiger charge is -1.94. The highest BCUT2D eigenvalue weighted by Crippen LogP contribution is 2.46. The Morgan fingerprint density at radius 1 is 0.812 bits per heavy atom. The lowest BCUT2D eigenvalue weighted by Crippen LogP contribution is -1.71. The molecule has 0 aliphatic rings. The smallest absolute Gasteiger partial charge is 0.0282 e. The van der Waals surface area contributed by atoms with Crippen molar-refractivity contribution in [2.75, 3.05) is 0 Å². The van der Waals surface area contributed by atoms with Crippen LogP contribution in [0.2, 0.25) is 0 Å². The number of fused-ring (bicyclic) bond motifs is 3. The first kappa shape index (κ1) is 9.89. The largest absolute Gasteiger partial charge is 0.346 e. The average Bonchev–Trinajstić information content (AvgIpc) is 2.53. The molecule has 80 valence electrons. The summed E-state index contributed by atoms with van der Waals surface area (Å²) in [5.41, 5.74) is 2.43. The van der Waals surface area contributed by atoms with Crippen LogP contribution in [0.15, 0.2) is 36.4 Å². The summed E-state index contributed by atoms with van der Waals surface area (Å²) in [5.74, 6) is 0. The van der Waals surface area contributed by atoms with Gasteiger partial charge in [-0.15, -0.1) is 0 Å². The van der Waals surface area contributed by atoms with E-state index in [0.29, 0.717) is 0 Å². The molecule has 3 rings (SSSR count). The fourth-order valence-corrected chi connectivity index (χ4v) is 3.98. The maximum Gasteiger partial charge on any atom is 0.0282 e. The van der Waals surface area contributed by atoms with Gasteiger partial charge in [-0.05, 0) is 36.8 Å². The molecule has 2 heteroatoms. The Hall–Kier alpha value is -1.30. The highest BCUT2D eigenvalue weighted by atomic mass is 31.1. The molecule has 1 nitrogen and oxygen atoms in total. The van der Waals surface area contributed by atoms with E-state index in [1.54, 1.807) is 0 Å². The van der Waals surface area contributed by atoms with Crippen molar-refractivity contribution in [2.24, 2.45) is 0 Å². The second-order valence-electron chi connectivity index (χ2n) is 4.35.